The molecule has 1 saturated heterocycles. The van der Waals surface area contributed by atoms with E-state index in [2.05, 4.69) is 12.1 Å². The lowest BCUT2D eigenvalue weighted by atomic mass is 9.99. The third-order valence-electron chi connectivity index (χ3n) is 3.89. The zero-order valence-corrected chi connectivity index (χ0v) is 13.1. The molecule has 1 fully saturated rings. The number of hydrogen-bond donors (Lipinski definition) is 1. The van der Waals surface area contributed by atoms with E-state index in [4.69, 9.17) is 5.73 Å². The summed E-state index contributed by atoms with van der Waals surface area (Å²) >= 11 is 0. The minimum absolute atomic E-state index is 0.0458. The number of hydrogen-bond acceptors (Lipinski definition) is 4. The number of nitrogens with two attached hydrogens (primary N) is 1. The summed E-state index contributed by atoms with van der Waals surface area (Å²) in [5.41, 5.74) is 7.07. The number of carbonyl (C=O) groups excluding carboxylic acids is 1. The van der Waals surface area contributed by atoms with Gasteiger partial charge in [0, 0.05) is 25.3 Å². The maximum atomic E-state index is 12.2. The number of rotatable bonds is 5. The summed E-state index contributed by atoms with van der Waals surface area (Å²) in [7, 11) is -3.08. The topological polar surface area (TPSA) is 80.5 Å². The smallest absolute Gasteiger partial charge is 0.239 e. The van der Waals surface area contributed by atoms with Crippen molar-refractivity contribution in [1.29, 1.82) is 0 Å². The second-order valence-corrected chi connectivity index (χ2v) is 7.97. The van der Waals surface area contributed by atoms with E-state index >= 15 is 0 Å². The molecule has 1 aromatic carbocycles. The van der Waals surface area contributed by atoms with Crippen LogP contribution in [0.1, 0.15) is 24.3 Å². The van der Waals surface area contributed by atoms with Crippen LogP contribution in [-0.2, 0) is 14.6 Å². The van der Waals surface area contributed by atoms with Crippen LogP contribution < -0.4 is 5.73 Å². The predicted octanol–water partition coefficient (Wildman–Crippen LogP) is 0.765. The van der Waals surface area contributed by atoms with Crippen molar-refractivity contribution in [2.75, 3.05) is 25.1 Å². The molecule has 6 heteroatoms. The summed E-state index contributed by atoms with van der Waals surface area (Å²) in [6.45, 7) is 1.35. The molecular weight excluding hydrogens is 288 g/mol. The number of nitrogens with zero attached hydrogens (tertiary/aromatic N) is 1. The van der Waals surface area contributed by atoms with Gasteiger partial charge in [0.2, 0.25) is 5.91 Å². The summed E-state index contributed by atoms with van der Waals surface area (Å²) in [5, 5.41) is 0. The van der Waals surface area contributed by atoms with Gasteiger partial charge in [0.15, 0.2) is 0 Å². The average molecular weight is 310 g/mol. The maximum Gasteiger partial charge on any atom is 0.239 e. The van der Waals surface area contributed by atoms with Crippen molar-refractivity contribution in [3.63, 3.8) is 0 Å². The Labute approximate surface area is 126 Å². The first kappa shape index (κ1) is 16.0. The van der Waals surface area contributed by atoms with Crippen molar-refractivity contribution < 1.29 is 13.2 Å². The highest BCUT2D eigenvalue weighted by Crippen LogP contribution is 2.27. The van der Waals surface area contributed by atoms with Gasteiger partial charge in [-0.15, -0.1) is 0 Å². The Hall–Kier alpha value is -1.40. The van der Waals surface area contributed by atoms with Crippen LogP contribution in [0.15, 0.2) is 30.3 Å². The van der Waals surface area contributed by atoms with Gasteiger partial charge in [-0.1, -0.05) is 30.3 Å². The fourth-order valence-corrected chi connectivity index (χ4v) is 3.34. The molecule has 0 radical (unpaired) electrons. The summed E-state index contributed by atoms with van der Waals surface area (Å²) in [4.78, 5) is 14.0. The SMILES string of the molecule is CS(=O)(=O)CCC(N)C(=O)N1CCC(c2ccccc2)C1. The molecule has 5 nitrogen and oxygen atoms in total. The molecule has 21 heavy (non-hydrogen) atoms. The van der Waals surface area contributed by atoms with Gasteiger partial charge in [0.05, 0.1) is 11.8 Å². The van der Waals surface area contributed by atoms with Crippen molar-refractivity contribution >= 4 is 15.7 Å². The lowest BCUT2D eigenvalue weighted by Gasteiger charge is -2.21. The molecule has 2 rings (SSSR count). The molecule has 116 valence electrons. The Morgan fingerprint density at radius 2 is 2.05 bits per heavy atom. The van der Waals surface area contributed by atoms with Crippen LogP contribution in [0, 0.1) is 0 Å². The summed E-state index contributed by atoms with van der Waals surface area (Å²) in [5.74, 6) is 0.157. The minimum atomic E-state index is -3.08. The van der Waals surface area contributed by atoms with Crippen molar-refractivity contribution in [2.24, 2.45) is 5.73 Å². The van der Waals surface area contributed by atoms with E-state index in [0.29, 0.717) is 19.0 Å². The van der Waals surface area contributed by atoms with E-state index in [1.54, 1.807) is 4.90 Å². The lowest BCUT2D eigenvalue weighted by Crippen LogP contribution is -2.43. The molecule has 2 N–H and O–H groups in total. The van der Waals surface area contributed by atoms with E-state index in [0.717, 1.165) is 12.7 Å². The third kappa shape index (κ3) is 4.54. The zero-order chi connectivity index (χ0) is 15.5. The van der Waals surface area contributed by atoms with Crippen LogP contribution in [-0.4, -0.2) is 50.4 Å². The van der Waals surface area contributed by atoms with Crippen molar-refractivity contribution in [2.45, 2.75) is 24.8 Å². The number of carbonyl (C=O) groups is 1. The first-order valence-corrected chi connectivity index (χ1v) is 9.20. The lowest BCUT2D eigenvalue weighted by molar-refractivity contribution is -0.131. The fourth-order valence-electron chi connectivity index (χ4n) is 2.66. The van der Waals surface area contributed by atoms with Gasteiger partial charge in [0.25, 0.3) is 0 Å². The van der Waals surface area contributed by atoms with Gasteiger partial charge in [-0.25, -0.2) is 8.42 Å². The van der Waals surface area contributed by atoms with Crippen molar-refractivity contribution in [3.8, 4) is 0 Å². The molecular formula is C15H22N2O3S. The molecule has 0 saturated carbocycles. The van der Waals surface area contributed by atoms with Gasteiger partial charge in [-0.3, -0.25) is 4.79 Å². The predicted molar refractivity (Wildman–Crippen MR) is 82.7 cm³/mol. The largest absolute Gasteiger partial charge is 0.341 e. The first-order valence-electron chi connectivity index (χ1n) is 7.14. The number of sulfone groups is 1. The number of amides is 1. The Kier molecular flexibility index (Phi) is 5.00. The summed E-state index contributed by atoms with van der Waals surface area (Å²) < 4.78 is 22.3. The molecule has 0 aromatic heterocycles. The molecule has 1 aliphatic rings. The van der Waals surface area contributed by atoms with Crippen LogP contribution in [0.5, 0.6) is 0 Å². The molecule has 0 spiro atoms. The Bertz CT molecular complexity index is 586. The van der Waals surface area contributed by atoms with Crippen LogP contribution in [0.3, 0.4) is 0 Å². The highest BCUT2D eigenvalue weighted by atomic mass is 32.2. The molecule has 1 aromatic rings. The van der Waals surface area contributed by atoms with Crippen molar-refractivity contribution in [3.05, 3.63) is 35.9 Å². The molecule has 2 unspecified atom stereocenters. The highest BCUT2D eigenvalue weighted by Gasteiger charge is 2.30. The Morgan fingerprint density at radius 1 is 1.38 bits per heavy atom. The van der Waals surface area contributed by atoms with Gasteiger partial charge >= 0.3 is 0 Å². The molecule has 1 heterocycles. The molecule has 0 bridgehead atoms. The minimum Gasteiger partial charge on any atom is -0.341 e. The maximum absolute atomic E-state index is 12.2. The van der Waals surface area contributed by atoms with Crippen LogP contribution >= 0.6 is 0 Å². The average Bonchev–Trinajstić information content (AvgIpc) is 2.94. The third-order valence-corrected chi connectivity index (χ3v) is 4.87. The number of likely N-dealkylation sites (tertiary alicyclic amines) is 1. The molecule has 1 amide bonds. The Balaban J connectivity index is 1.90. The summed E-state index contributed by atoms with van der Waals surface area (Å²) in [6, 6.07) is 9.39. The van der Waals surface area contributed by atoms with Crippen LogP contribution in [0.4, 0.5) is 0 Å². The quantitative estimate of drug-likeness (QED) is 0.871. The molecule has 0 aliphatic carbocycles. The van der Waals surface area contributed by atoms with Gasteiger partial charge in [-0.05, 0) is 18.4 Å². The van der Waals surface area contributed by atoms with Crippen LogP contribution in [0.25, 0.3) is 0 Å². The second kappa shape index (κ2) is 6.58. The highest BCUT2D eigenvalue weighted by molar-refractivity contribution is 7.90. The van der Waals surface area contributed by atoms with Crippen molar-refractivity contribution in [1.82, 2.24) is 4.90 Å². The van der Waals surface area contributed by atoms with Crippen LogP contribution in [0.2, 0.25) is 0 Å². The standard InChI is InChI=1S/C15H22N2O3S/c1-21(19,20)10-8-14(16)15(18)17-9-7-13(11-17)12-5-3-2-4-6-12/h2-6,13-14H,7-11,16H2,1H3. The van der Waals surface area contributed by atoms with Gasteiger partial charge in [0.1, 0.15) is 9.84 Å². The Morgan fingerprint density at radius 3 is 2.67 bits per heavy atom. The van der Waals surface area contributed by atoms with E-state index in [-0.39, 0.29) is 18.1 Å². The van der Waals surface area contributed by atoms with E-state index < -0.39 is 15.9 Å². The normalized spacial score (nSPS) is 20.5. The van der Waals surface area contributed by atoms with Gasteiger partial charge in [-0.2, -0.15) is 0 Å². The fraction of sp³-hybridized carbons (Fsp3) is 0.533. The van der Waals surface area contributed by atoms with E-state index in [9.17, 15) is 13.2 Å². The molecule has 2 atom stereocenters. The van der Waals surface area contributed by atoms with E-state index in [1.807, 2.05) is 18.2 Å². The molecule has 1 aliphatic heterocycles. The van der Waals surface area contributed by atoms with E-state index in [1.165, 1.54) is 5.56 Å². The second-order valence-electron chi connectivity index (χ2n) is 5.71. The van der Waals surface area contributed by atoms with Gasteiger partial charge < -0.3 is 10.6 Å². The monoisotopic (exact) mass is 310 g/mol. The zero-order valence-electron chi connectivity index (χ0n) is 12.2. The number of benzene rings is 1. The first-order chi connectivity index (χ1) is 9.87. The summed E-state index contributed by atoms with van der Waals surface area (Å²) in [6.07, 6.45) is 2.27.